The van der Waals surface area contributed by atoms with E-state index in [1.54, 1.807) is 11.9 Å². The van der Waals surface area contributed by atoms with Crippen LogP contribution in [-0.2, 0) is 4.79 Å². The molecule has 0 radical (unpaired) electrons. The van der Waals surface area contributed by atoms with Crippen LogP contribution in [0.5, 0.6) is 0 Å². The van der Waals surface area contributed by atoms with Crippen LogP contribution in [-0.4, -0.2) is 36.6 Å². The molecule has 0 aromatic heterocycles. The van der Waals surface area contributed by atoms with Crippen molar-refractivity contribution in [3.05, 3.63) is 0 Å². The lowest BCUT2D eigenvalue weighted by molar-refractivity contribution is -0.133. The number of hydrogen-bond donors (Lipinski definition) is 3. The maximum absolute atomic E-state index is 11.8. The fourth-order valence-electron chi connectivity index (χ4n) is 1.55. The third-order valence-corrected chi connectivity index (χ3v) is 2.72. The van der Waals surface area contributed by atoms with E-state index in [4.69, 9.17) is 17.2 Å². The average Bonchev–Trinajstić information content (AvgIpc) is 2.27. The third-order valence-electron chi connectivity index (χ3n) is 2.72. The summed E-state index contributed by atoms with van der Waals surface area (Å²) in [6.45, 7) is 2.69. The molecule has 5 nitrogen and oxygen atoms in total. The number of carbonyl (C=O) groups is 1. The van der Waals surface area contributed by atoms with Gasteiger partial charge in [-0.2, -0.15) is 0 Å². The van der Waals surface area contributed by atoms with Gasteiger partial charge in [-0.3, -0.25) is 4.79 Å². The standard InChI is InChI=1S/C11H26N4O/c1-3-6-10(14)15(2)11(16)9(13)7-4-5-8-12/h9-10H,3-8,12-14H2,1-2H3. The summed E-state index contributed by atoms with van der Waals surface area (Å²) in [6, 6.07) is -0.445. The first-order chi connectivity index (χ1) is 7.54. The summed E-state index contributed by atoms with van der Waals surface area (Å²) in [6.07, 6.45) is 4.02. The zero-order chi connectivity index (χ0) is 12.6. The third kappa shape index (κ3) is 5.44. The molecule has 16 heavy (non-hydrogen) atoms. The number of rotatable bonds is 8. The van der Waals surface area contributed by atoms with Crippen LogP contribution < -0.4 is 17.2 Å². The summed E-state index contributed by atoms with van der Waals surface area (Å²) in [4.78, 5) is 13.4. The first kappa shape index (κ1) is 15.3. The van der Waals surface area contributed by atoms with Gasteiger partial charge in [-0.15, -0.1) is 0 Å². The van der Waals surface area contributed by atoms with Gasteiger partial charge in [0, 0.05) is 7.05 Å². The van der Waals surface area contributed by atoms with Gasteiger partial charge in [-0.25, -0.2) is 0 Å². The molecule has 0 bridgehead atoms. The van der Waals surface area contributed by atoms with E-state index in [1.807, 2.05) is 6.92 Å². The number of amides is 1. The van der Waals surface area contributed by atoms with Crippen LogP contribution in [0.15, 0.2) is 0 Å². The van der Waals surface area contributed by atoms with Crippen molar-refractivity contribution in [3.63, 3.8) is 0 Å². The van der Waals surface area contributed by atoms with Crippen LogP contribution in [0.2, 0.25) is 0 Å². The zero-order valence-corrected chi connectivity index (χ0v) is 10.5. The summed E-state index contributed by atoms with van der Waals surface area (Å²) >= 11 is 0. The van der Waals surface area contributed by atoms with Crippen LogP contribution in [0, 0.1) is 0 Å². The molecule has 6 N–H and O–H groups in total. The zero-order valence-electron chi connectivity index (χ0n) is 10.5. The molecule has 0 rings (SSSR count). The van der Waals surface area contributed by atoms with E-state index in [9.17, 15) is 4.79 Å². The Hall–Kier alpha value is -0.650. The minimum absolute atomic E-state index is 0.0713. The molecule has 96 valence electrons. The quantitative estimate of drug-likeness (QED) is 0.403. The van der Waals surface area contributed by atoms with Crippen LogP contribution >= 0.6 is 0 Å². The minimum Gasteiger partial charge on any atom is -0.330 e. The average molecular weight is 230 g/mol. The van der Waals surface area contributed by atoms with Crippen molar-refractivity contribution in [1.29, 1.82) is 0 Å². The predicted octanol–water partition coefficient (Wildman–Crippen LogP) is -0.0140. The second kappa shape index (κ2) is 8.50. The molecule has 1 amide bonds. The van der Waals surface area contributed by atoms with Crippen molar-refractivity contribution < 1.29 is 4.79 Å². The highest BCUT2D eigenvalue weighted by Gasteiger charge is 2.21. The van der Waals surface area contributed by atoms with Crippen molar-refractivity contribution in [1.82, 2.24) is 4.90 Å². The Bertz CT molecular complexity index is 198. The summed E-state index contributed by atoms with van der Waals surface area (Å²) in [5.41, 5.74) is 17.0. The van der Waals surface area contributed by atoms with Gasteiger partial charge < -0.3 is 22.1 Å². The summed E-state index contributed by atoms with van der Waals surface area (Å²) in [5, 5.41) is 0. The van der Waals surface area contributed by atoms with E-state index < -0.39 is 6.04 Å². The van der Waals surface area contributed by atoms with E-state index in [0.717, 1.165) is 25.7 Å². The van der Waals surface area contributed by atoms with E-state index in [0.29, 0.717) is 13.0 Å². The molecule has 0 fully saturated rings. The van der Waals surface area contributed by atoms with Gasteiger partial charge in [0.2, 0.25) is 5.91 Å². The molecule has 2 atom stereocenters. The van der Waals surface area contributed by atoms with Crippen molar-refractivity contribution in [3.8, 4) is 0 Å². The van der Waals surface area contributed by atoms with Gasteiger partial charge in [0.15, 0.2) is 0 Å². The van der Waals surface area contributed by atoms with Crippen molar-refractivity contribution in [2.24, 2.45) is 17.2 Å². The number of nitrogens with two attached hydrogens (primary N) is 3. The monoisotopic (exact) mass is 230 g/mol. The first-order valence-corrected chi connectivity index (χ1v) is 6.02. The molecular formula is C11H26N4O. The van der Waals surface area contributed by atoms with E-state index in [2.05, 4.69) is 0 Å². The molecule has 0 aliphatic rings. The molecule has 0 aliphatic heterocycles. The highest BCUT2D eigenvalue weighted by molar-refractivity contribution is 5.81. The lowest BCUT2D eigenvalue weighted by Crippen LogP contribution is -2.49. The van der Waals surface area contributed by atoms with Crippen LogP contribution in [0.25, 0.3) is 0 Å². The molecule has 5 heteroatoms. The molecule has 0 heterocycles. The van der Waals surface area contributed by atoms with Gasteiger partial charge in [0.05, 0.1) is 12.2 Å². The topological polar surface area (TPSA) is 98.4 Å². The van der Waals surface area contributed by atoms with E-state index in [-0.39, 0.29) is 12.1 Å². The maximum atomic E-state index is 11.8. The Balaban J connectivity index is 4.00. The van der Waals surface area contributed by atoms with Crippen molar-refractivity contribution in [2.45, 2.75) is 51.2 Å². The normalized spacial score (nSPS) is 14.6. The lowest BCUT2D eigenvalue weighted by atomic mass is 10.1. The van der Waals surface area contributed by atoms with Gasteiger partial charge in [-0.05, 0) is 25.8 Å². The summed E-state index contributed by atoms with van der Waals surface area (Å²) in [7, 11) is 1.71. The number of unbranched alkanes of at least 4 members (excludes halogenated alkanes) is 1. The molecule has 0 spiro atoms. The van der Waals surface area contributed by atoms with Gasteiger partial charge in [0.1, 0.15) is 0 Å². The second-order valence-corrected chi connectivity index (χ2v) is 4.20. The molecule has 0 saturated carbocycles. The fraction of sp³-hybridized carbons (Fsp3) is 0.909. The molecule has 0 aromatic rings. The number of nitrogens with zero attached hydrogens (tertiary/aromatic N) is 1. The molecule has 0 aromatic carbocycles. The second-order valence-electron chi connectivity index (χ2n) is 4.20. The van der Waals surface area contributed by atoms with Crippen LogP contribution in [0.1, 0.15) is 39.0 Å². The van der Waals surface area contributed by atoms with E-state index in [1.165, 1.54) is 0 Å². The molecule has 0 saturated heterocycles. The Kier molecular flexibility index (Phi) is 8.15. The fourth-order valence-corrected chi connectivity index (χ4v) is 1.55. The van der Waals surface area contributed by atoms with Gasteiger partial charge in [-0.1, -0.05) is 19.8 Å². The Labute approximate surface area is 98.3 Å². The van der Waals surface area contributed by atoms with Crippen molar-refractivity contribution >= 4 is 5.91 Å². The SMILES string of the molecule is CCCC(N)N(C)C(=O)C(N)CCCCN. The molecule has 2 unspecified atom stereocenters. The van der Waals surface area contributed by atoms with Crippen LogP contribution in [0.4, 0.5) is 0 Å². The highest BCUT2D eigenvalue weighted by atomic mass is 16.2. The summed E-state index contributed by atoms with van der Waals surface area (Å²) in [5.74, 6) is -0.0713. The van der Waals surface area contributed by atoms with Gasteiger partial charge in [0.25, 0.3) is 0 Å². The lowest BCUT2D eigenvalue weighted by Gasteiger charge is -2.27. The smallest absolute Gasteiger partial charge is 0.240 e. The maximum Gasteiger partial charge on any atom is 0.240 e. The van der Waals surface area contributed by atoms with Crippen LogP contribution in [0.3, 0.4) is 0 Å². The van der Waals surface area contributed by atoms with Gasteiger partial charge >= 0.3 is 0 Å². The first-order valence-electron chi connectivity index (χ1n) is 6.02. The predicted molar refractivity (Wildman–Crippen MR) is 66.5 cm³/mol. The Morgan fingerprint density at radius 2 is 1.88 bits per heavy atom. The minimum atomic E-state index is -0.445. The Morgan fingerprint density at radius 1 is 1.25 bits per heavy atom. The Morgan fingerprint density at radius 3 is 2.38 bits per heavy atom. The largest absolute Gasteiger partial charge is 0.330 e. The summed E-state index contributed by atoms with van der Waals surface area (Å²) < 4.78 is 0. The number of likely N-dealkylation sites (N-methyl/N-ethyl adjacent to an activating group) is 1. The highest BCUT2D eigenvalue weighted by Crippen LogP contribution is 2.05. The van der Waals surface area contributed by atoms with E-state index >= 15 is 0 Å². The number of carbonyl (C=O) groups excluding carboxylic acids is 1. The van der Waals surface area contributed by atoms with Crippen molar-refractivity contribution in [2.75, 3.05) is 13.6 Å². The molecule has 0 aliphatic carbocycles. The number of hydrogen-bond acceptors (Lipinski definition) is 4. The molecular weight excluding hydrogens is 204 g/mol.